The zero-order chi connectivity index (χ0) is 35.7. The number of imidazole rings is 2. The first kappa shape index (κ1) is 33.2. The Morgan fingerprint density at radius 3 is 1.44 bits per heavy atom. The van der Waals surface area contributed by atoms with Crippen molar-refractivity contribution in [3.63, 3.8) is 0 Å². The van der Waals surface area contributed by atoms with Gasteiger partial charge >= 0.3 is 0 Å². The van der Waals surface area contributed by atoms with Gasteiger partial charge in [-0.05, 0) is 52.0 Å². The van der Waals surface area contributed by atoms with Crippen LogP contribution in [0, 0.1) is 13.8 Å². The number of carbonyl (C=O) groups is 4. The molecule has 0 aliphatic rings. The van der Waals surface area contributed by atoms with E-state index in [4.69, 9.17) is 11.5 Å². The highest BCUT2D eigenvalue weighted by Crippen LogP contribution is 2.22. The smallest absolute Gasteiger partial charge is 0.276 e. The van der Waals surface area contributed by atoms with Crippen molar-refractivity contribution in [2.24, 2.45) is 11.5 Å². The largest absolute Gasteiger partial charge is 0.366 e. The lowest BCUT2D eigenvalue weighted by Crippen LogP contribution is -2.20. The van der Waals surface area contributed by atoms with Crippen molar-refractivity contribution >= 4 is 57.9 Å². The molecule has 0 aromatic carbocycles. The van der Waals surface area contributed by atoms with Crippen molar-refractivity contribution in [1.29, 1.82) is 0 Å². The number of amides is 4. The molecule has 0 saturated heterocycles. The predicted molar refractivity (Wildman–Crippen MR) is 182 cm³/mol. The summed E-state index contributed by atoms with van der Waals surface area (Å²) >= 11 is 0. The summed E-state index contributed by atoms with van der Waals surface area (Å²) in [5, 5.41) is 14.4. The number of hydrogen-bond acceptors (Lipinski definition) is 10. The molecule has 6 aromatic rings. The molecule has 0 unspecified atom stereocenters. The summed E-state index contributed by atoms with van der Waals surface area (Å²) in [6.07, 6.45) is 6.31. The van der Waals surface area contributed by atoms with Gasteiger partial charge in [0.05, 0.1) is 22.5 Å². The van der Waals surface area contributed by atoms with E-state index in [0.29, 0.717) is 58.2 Å². The molecule has 4 amide bonds. The number of fused-ring (bicyclic) bond motifs is 2. The van der Waals surface area contributed by atoms with E-state index in [0.717, 1.165) is 0 Å². The van der Waals surface area contributed by atoms with E-state index in [1.807, 2.05) is 26.0 Å². The molecule has 18 heteroatoms. The Bertz CT molecular complexity index is 2180. The van der Waals surface area contributed by atoms with E-state index in [9.17, 15) is 19.2 Å². The Balaban J connectivity index is 1.32. The van der Waals surface area contributed by atoms with Gasteiger partial charge in [0.1, 0.15) is 22.4 Å². The molecule has 6 aromatic heterocycles. The third kappa shape index (κ3) is 6.40. The summed E-state index contributed by atoms with van der Waals surface area (Å²) in [6.45, 7) is 8.74. The molecule has 0 aliphatic heterocycles. The van der Waals surface area contributed by atoms with Crippen LogP contribution in [0.5, 0.6) is 0 Å². The molecule has 0 spiro atoms. The van der Waals surface area contributed by atoms with E-state index in [-0.39, 0.29) is 36.1 Å². The average molecular weight is 679 g/mol. The van der Waals surface area contributed by atoms with Crippen LogP contribution in [-0.4, -0.2) is 72.3 Å². The topological polar surface area (TPSA) is 241 Å². The lowest BCUT2D eigenvalue weighted by molar-refractivity contribution is 0.0991. The minimum atomic E-state index is -0.664. The van der Waals surface area contributed by atoms with Crippen LogP contribution in [0.25, 0.3) is 22.3 Å². The molecular weight excluding hydrogens is 644 g/mol. The minimum Gasteiger partial charge on any atom is -0.366 e. The van der Waals surface area contributed by atoms with Crippen LogP contribution >= 0.6 is 0 Å². The molecule has 0 fully saturated rings. The van der Waals surface area contributed by atoms with Gasteiger partial charge in [-0.2, -0.15) is 10.2 Å². The Morgan fingerprint density at radius 2 is 1.08 bits per heavy atom. The Hall–Kier alpha value is -6.72. The summed E-state index contributed by atoms with van der Waals surface area (Å²) < 4.78 is 6.53. The van der Waals surface area contributed by atoms with Crippen LogP contribution in [0.2, 0.25) is 0 Å². The van der Waals surface area contributed by atoms with Gasteiger partial charge in [-0.25, -0.2) is 19.9 Å². The molecule has 18 nitrogen and oxygen atoms in total. The van der Waals surface area contributed by atoms with Crippen molar-refractivity contribution < 1.29 is 19.2 Å². The zero-order valence-electron chi connectivity index (χ0n) is 27.7. The highest BCUT2D eigenvalue weighted by Gasteiger charge is 2.21. The first-order valence-corrected chi connectivity index (χ1v) is 15.7. The summed E-state index contributed by atoms with van der Waals surface area (Å²) in [7, 11) is 0. The number of rotatable bonds is 12. The second kappa shape index (κ2) is 13.4. The molecule has 0 radical (unpaired) electrons. The Labute approximate surface area is 284 Å². The van der Waals surface area contributed by atoms with Crippen LogP contribution in [-0.2, 0) is 26.2 Å². The van der Waals surface area contributed by atoms with E-state index in [1.165, 1.54) is 24.5 Å². The van der Waals surface area contributed by atoms with Crippen molar-refractivity contribution in [3.05, 3.63) is 82.7 Å². The second-order valence-electron chi connectivity index (χ2n) is 11.3. The quantitative estimate of drug-likeness (QED) is 0.138. The number of aromatic nitrogens is 10. The normalized spacial score (nSPS) is 11.5. The summed E-state index contributed by atoms with van der Waals surface area (Å²) in [5.41, 5.74) is 14.9. The van der Waals surface area contributed by atoms with E-state index < -0.39 is 23.6 Å². The van der Waals surface area contributed by atoms with Crippen molar-refractivity contribution in [2.75, 3.05) is 10.6 Å². The van der Waals surface area contributed by atoms with Gasteiger partial charge in [0.25, 0.3) is 11.8 Å². The molecule has 50 heavy (non-hydrogen) atoms. The van der Waals surface area contributed by atoms with Gasteiger partial charge in [0.2, 0.25) is 23.7 Å². The highest BCUT2D eigenvalue weighted by atomic mass is 16.2. The molecule has 6 rings (SSSR count). The van der Waals surface area contributed by atoms with Gasteiger partial charge in [0.15, 0.2) is 11.3 Å². The van der Waals surface area contributed by atoms with Crippen molar-refractivity contribution in [2.45, 2.75) is 53.9 Å². The van der Waals surface area contributed by atoms with Crippen LogP contribution in [0.1, 0.15) is 66.9 Å². The number of hydrogen-bond donors (Lipinski definition) is 4. The molecule has 0 aliphatic carbocycles. The number of carbonyl (C=O) groups excluding carboxylic acids is 4. The van der Waals surface area contributed by atoms with E-state index in [2.05, 4.69) is 40.8 Å². The SMILES string of the molecule is CCn1nc(C)cc1C(=O)Nc1nc2cc(C(N)=O)cnc2n1CC=CCn1c(NC(=O)c2cc(C)nn2CC)nc2cc(C(N)=O)cnc21. The monoisotopic (exact) mass is 678 g/mol. The predicted octanol–water partition coefficient (Wildman–Crippen LogP) is 2.18. The van der Waals surface area contributed by atoms with Gasteiger partial charge in [-0.3, -0.25) is 48.3 Å². The van der Waals surface area contributed by atoms with Gasteiger partial charge < -0.3 is 11.5 Å². The fourth-order valence-corrected chi connectivity index (χ4v) is 5.46. The third-order valence-corrected chi connectivity index (χ3v) is 7.80. The fraction of sp³-hybridized carbons (Fsp3) is 0.250. The molecule has 6 N–H and O–H groups in total. The van der Waals surface area contributed by atoms with Crippen LogP contribution in [0.3, 0.4) is 0 Å². The lowest BCUT2D eigenvalue weighted by Gasteiger charge is -2.10. The number of primary amides is 2. The van der Waals surface area contributed by atoms with Crippen molar-refractivity contribution in [1.82, 2.24) is 48.6 Å². The fourth-order valence-electron chi connectivity index (χ4n) is 5.46. The number of anilines is 2. The van der Waals surface area contributed by atoms with Crippen LogP contribution in [0.15, 0.2) is 48.8 Å². The molecule has 0 bridgehead atoms. The second-order valence-corrected chi connectivity index (χ2v) is 11.3. The Morgan fingerprint density at radius 1 is 0.680 bits per heavy atom. The molecule has 0 atom stereocenters. The first-order chi connectivity index (χ1) is 24.0. The summed E-state index contributed by atoms with van der Waals surface area (Å²) in [6, 6.07) is 6.37. The van der Waals surface area contributed by atoms with E-state index >= 15 is 0 Å². The maximum Gasteiger partial charge on any atom is 0.276 e. The molecule has 256 valence electrons. The molecular formula is C32H34N14O4. The number of nitrogens with zero attached hydrogens (tertiary/aromatic N) is 10. The number of nitrogens with two attached hydrogens (primary N) is 2. The van der Waals surface area contributed by atoms with Crippen molar-refractivity contribution in [3.8, 4) is 0 Å². The Kier molecular flexibility index (Phi) is 8.91. The van der Waals surface area contributed by atoms with Crippen LogP contribution in [0.4, 0.5) is 11.9 Å². The number of aryl methyl sites for hydroxylation is 4. The highest BCUT2D eigenvalue weighted by molar-refractivity contribution is 6.04. The first-order valence-electron chi connectivity index (χ1n) is 15.7. The summed E-state index contributed by atoms with van der Waals surface area (Å²) in [4.78, 5) is 68.2. The number of pyridine rings is 2. The summed E-state index contributed by atoms with van der Waals surface area (Å²) in [5.74, 6) is -1.79. The molecule has 0 saturated carbocycles. The van der Waals surface area contributed by atoms with Crippen LogP contribution < -0.4 is 22.1 Å². The van der Waals surface area contributed by atoms with Gasteiger partial charge in [-0.1, -0.05) is 12.2 Å². The van der Waals surface area contributed by atoms with Gasteiger partial charge in [-0.15, -0.1) is 0 Å². The third-order valence-electron chi connectivity index (χ3n) is 7.80. The average Bonchev–Trinajstić information content (AvgIpc) is 3.84. The maximum absolute atomic E-state index is 13.3. The number of nitrogens with one attached hydrogen (secondary N) is 2. The number of allylic oxidation sites excluding steroid dienone is 2. The maximum atomic E-state index is 13.3. The standard InChI is InChI=1S/C32H34N14O4/c1-5-45-23(11-17(3)41-45)29(49)39-31-37-21-13-19(25(33)47)15-35-27(21)43(31)9-7-8-10-44-28-22(14-20(16-36-28)26(34)48)38-32(44)40-30(50)24-12-18(4)42-46(24)6-2/h7-8,11-16H,5-6,9-10H2,1-4H3,(H2,33,47)(H2,34,48)(H,37,39,49)(H,38,40,50). The zero-order valence-corrected chi connectivity index (χ0v) is 27.7. The molecule has 6 heterocycles. The van der Waals surface area contributed by atoms with Gasteiger partial charge in [0, 0.05) is 38.6 Å². The lowest BCUT2D eigenvalue weighted by atomic mass is 10.2. The minimum absolute atomic E-state index is 0.168. The van der Waals surface area contributed by atoms with E-state index in [1.54, 1.807) is 44.5 Å².